The molecule has 0 fully saturated rings. The van der Waals surface area contributed by atoms with Gasteiger partial charge in [-0.2, -0.15) is 0 Å². The number of ether oxygens (including phenoxy) is 1. The van der Waals surface area contributed by atoms with Gasteiger partial charge in [0, 0.05) is 5.69 Å². The number of rotatable bonds is 3. The third kappa shape index (κ3) is 2.62. The summed E-state index contributed by atoms with van der Waals surface area (Å²) in [5.74, 6) is 0. The monoisotopic (exact) mass is 255 g/mol. The maximum atomic E-state index is 9.17. The summed E-state index contributed by atoms with van der Waals surface area (Å²) in [4.78, 5) is 0. The molecule has 2 N–H and O–H groups in total. The van der Waals surface area contributed by atoms with E-state index in [1.165, 1.54) is 11.1 Å². The van der Waals surface area contributed by atoms with Crippen molar-refractivity contribution in [3.8, 4) is 0 Å². The van der Waals surface area contributed by atoms with Crippen molar-refractivity contribution in [2.75, 3.05) is 11.9 Å². The van der Waals surface area contributed by atoms with Crippen molar-refractivity contribution in [1.82, 2.24) is 0 Å². The number of nitrogens with one attached hydrogen (secondary N) is 1. The first kappa shape index (κ1) is 12.2. The Labute approximate surface area is 112 Å². The van der Waals surface area contributed by atoms with Gasteiger partial charge in [-0.25, -0.2) is 0 Å². The highest BCUT2D eigenvalue weighted by atomic mass is 16.5. The molecule has 0 spiro atoms. The smallest absolute Gasteiger partial charge is 0.0751 e. The van der Waals surface area contributed by atoms with E-state index in [2.05, 4.69) is 23.5 Å². The van der Waals surface area contributed by atoms with Crippen molar-refractivity contribution in [2.24, 2.45) is 0 Å². The number of aliphatic hydroxyl groups is 1. The van der Waals surface area contributed by atoms with Gasteiger partial charge in [-0.1, -0.05) is 36.4 Å². The van der Waals surface area contributed by atoms with Crippen LogP contribution >= 0.6 is 0 Å². The first-order chi connectivity index (χ1) is 9.36. The zero-order valence-electron chi connectivity index (χ0n) is 10.7. The molecule has 2 aromatic carbocycles. The van der Waals surface area contributed by atoms with Crippen LogP contribution in [0.3, 0.4) is 0 Å². The largest absolute Gasteiger partial charge is 0.392 e. The van der Waals surface area contributed by atoms with E-state index in [-0.39, 0.29) is 12.6 Å². The fourth-order valence-electron chi connectivity index (χ4n) is 2.46. The van der Waals surface area contributed by atoms with E-state index < -0.39 is 0 Å². The molecule has 0 bridgehead atoms. The maximum Gasteiger partial charge on any atom is 0.0751 e. The summed E-state index contributed by atoms with van der Waals surface area (Å²) in [5, 5.41) is 12.6. The van der Waals surface area contributed by atoms with Crippen LogP contribution in [-0.4, -0.2) is 11.7 Å². The Morgan fingerprint density at radius 2 is 2.05 bits per heavy atom. The summed E-state index contributed by atoms with van der Waals surface area (Å²) in [6, 6.07) is 16.4. The minimum Gasteiger partial charge on any atom is -0.392 e. The van der Waals surface area contributed by atoms with Crippen LogP contribution in [0.15, 0.2) is 48.5 Å². The Balaban J connectivity index is 1.84. The van der Waals surface area contributed by atoms with Crippen molar-refractivity contribution < 1.29 is 9.84 Å². The third-order valence-electron chi connectivity index (χ3n) is 3.42. The lowest BCUT2D eigenvalue weighted by Crippen LogP contribution is -2.23. The minimum atomic E-state index is 0.0628. The van der Waals surface area contributed by atoms with Crippen LogP contribution in [0, 0.1) is 0 Å². The molecule has 0 aromatic heterocycles. The number of fused-ring (bicyclic) bond motifs is 1. The molecule has 1 atom stereocenters. The molecule has 1 aliphatic heterocycles. The van der Waals surface area contributed by atoms with Gasteiger partial charge in [-0.05, 0) is 28.8 Å². The molecule has 1 heterocycles. The van der Waals surface area contributed by atoms with Crippen molar-refractivity contribution in [1.29, 1.82) is 0 Å². The highest BCUT2D eigenvalue weighted by Gasteiger charge is 2.19. The van der Waals surface area contributed by atoms with E-state index in [0.29, 0.717) is 13.2 Å². The van der Waals surface area contributed by atoms with E-state index in [4.69, 9.17) is 4.74 Å². The highest BCUT2D eigenvalue weighted by Crippen LogP contribution is 2.28. The molecule has 0 amide bonds. The number of anilines is 1. The molecule has 3 heteroatoms. The predicted octanol–water partition coefficient (Wildman–Crippen LogP) is 2.86. The second-order valence-corrected chi connectivity index (χ2v) is 4.77. The van der Waals surface area contributed by atoms with Crippen LogP contribution in [0.4, 0.5) is 5.69 Å². The van der Waals surface area contributed by atoms with E-state index in [0.717, 1.165) is 11.3 Å². The van der Waals surface area contributed by atoms with Crippen molar-refractivity contribution in [3.63, 3.8) is 0 Å². The average molecular weight is 255 g/mol. The SMILES string of the molecule is OCc1cccc(NC2COCc3ccccc32)c1. The zero-order chi connectivity index (χ0) is 13.1. The number of benzene rings is 2. The second kappa shape index (κ2) is 5.43. The molecule has 3 rings (SSSR count). The third-order valence-corrected chi connectivity index (χ3v) is 3.42. The Kier molecular flexibility index (Phi) is 3.49. The molecule has 0 saturated heterocycles. The molecule has 0 aliphatic carbocycles. The topological polar surface area (TPSA) is 41.5 Å². The van der Waals surface area contributed by atoms with Gasteiger partial charge in [0.25, 0.3) is 0 Å². The summed E-state index contributed by atoms with van der Waals surface area (Å²) in [5.41, 5.74) is 4.46. The van der Waals surface area contributed by atoms with Crippen LogP contribution in [0.2, 0.25) is 0 Å². The molecule has 1 aliphatic rings. The minimum absolute atomic E-state index is 0.0628. The highest BCUT2D eigenvalue weighted by molar-refractivity contribution is 5.49. The lowest BCUT2D eigenvalue weighted by Gasteiger charge is -2.27. The van der Waals surface area contributed by atoms with Crippen LogP contribution in [0.25, 0.3) is 0 Å². The van der Waals surface area contributed by atoms with Crippen molar-refractivity contribution in [3.05, 3.63) is 65.2 Å². The van der Waals surface area contributed by atoms with Gasteiger partial charge < -0.3 is 15.2 Å². The zero-order valence-corrected chi connectivity index (χ0v) is 10.7. The number of hydrogen-bond donors (Lipinski definition) is 2. The summed E-state index contributed by atoms with van der Waals surface area (Å²) >= 11 is 0. The van der Waals surface area contributed by atoms with Crippen LogP contribution in [0.1, 0.15) is 22.7 Å². The molecular formula is C16H17NO2. The molecule has 2 aromatic rings. The van der Waals surface area contributed by atoms with E-state index >= 15 is 0 Å². The Bertz CT molecular complexity index is 568. The lowest BCUT2D eigenvalue weighted by atomic mass is 9.99. The molecule has 19 heavy (non-hydrogen) atoms. The van der Waals surface area contributed by atoms with Gasteiger partial charge in [0.15, 0.2) is 0 Å². The molecule has 98 valence electrons. The number of hydrogen-bond acceptors (Lipinski definition) is 3. The van der Waals surface area contributed by atoms with E-state index in [1.807, 2.05) is 30.3 Å². The molecule has 3 nitrogen and oxygen atoms in total. The second-order valence-electron chi connectivity index (χ2n) is 4.77. The Morgan fingerprint density at radius 1 is 1.16 bits per heavy atom. The predicted molar refractivity (Wildman–Crippen MR) is 74.8 cm³/mol. The summed E-state index contributed by atoms with van der Waals surface area (Å²) in [7, 11) is 0. The van der Waals surface area contributed by atoms with Gasteiger partial charge in [0.05, 0.1) is 25.9 Å². The van der Waals surface area contributed by atoms with Gasteiger partial charge in [-0.15, -0.1) is 0 Å². The summed E-state index contributed by atoms with van der Waals surface area (Å²) in [6.45, 7) is 1.42. The number of aliphatic hydroxyl groups excluding tert-OH is 1. The van der Waals surface area contributed by atoms with Crippen LogP contribution in [-0.2, 0) is 18.0 Å². The first-order valence-electron chi connectivity index (χ1n) is 6.49. The van der Waals surface area contributed by atoms with Crippen LogP contribution in [0.5, 0.6) is 0 Å². The standard InChI is InChI=1S/C16H17NO2/c18-9-12-4-3-6-14(8-12)17-16-11-19-10-13-5-1-2-7-15(13)16/h1-8,16-18H,9-11H2. The Morgan fingerprint density at radius 3 is 2.95 bits per heavy atom. The quantitative estimate of drug-likeness (QED) is 0.886. The van der Waals surface area contributed by atoms with Gasteiger partial charge in [0.1, 0.15) is 0 Å². The van der Waals surface area contributed by atoms with E-state index in [1.54, 1.807) is 0 Å². The normalized spacial score (nSPS) is 17.8. The van der Waals surface area contributed by atoms with E-state index in [9.17, 15) is 5.11 Å². The molecule has 0 radical (unpaired) electrons. The molecule has 1 unspecified atom stereocenters. The fourth-order valence-corrected chi connectivity index (χ4v) is 2.46. The summed E-state index contributed by atoms with van der Waals surface area (Å²) < 4.78 is 5.63. The fraction of sp³-hybridized carbons (Fsp3) is 0.250. The van der Waals surface area contributed by atoms with Gasteiger partial charge in [-0.3, -0.25) is 0 Å². The molecular weight excluding hydrogens is 238 g/mol. The molecule has 0 saturated carbocycles. The maximum absolute atomic E-state index is 9.17. The summed E-state index contributed by atoms with van der Waals surface area (Å²) in [6.07, 6.45) is 0. The van der Waals surface area contributed by atoms with Crippen molar-refractivity contribution in [2.45, 2.75) is 19.3 Å². The van der Waals surface area contributed by atoms with Gasteiger partial charge in [0.2, 0.25) is 0 Å². The first-order valence-corrected chi connectivity index (χ1v) is 6.49. The van der Waals surface area contributed by atoms with Gasteiger partial charge >= 0.3 is 0 Å². The lowest BCUT2D eigenvalue weighted by molar-refractivity contribution is 0.0970. The van der Waals surface area contributed by atoms with Crippen LogP contribution < -0.4 is 5.32 Å². The van der Waals surface area contributed by atoms with Crippen molar-refractivity contribution >= 4 is 5.69 Å². The Hall–Kier alpha value is -1.84. The average Bonchev–Trinajstić information content (AvgIpc) is 2.48.